The third kappa shape index (κ3) is 3.95. The number of carbonyl (C=O) groups excluding carboxylic acids is 2. The fourth-order valence-corrected chi connectivity index (χ4v) is 4.81. The van der Waals surface area contributed by atoms with Crippen molar-refractivity contribution in [3.63, 3.8) is 0 Å². The summed E-state index contributed by atoms with van der Waals surface area (Å²) in [5, 5.41) is 22.1. The second kappa shape index (κ2) is 9.09. The lowest BCUT2D eigenvalue weighted by Gasteiger charge is -2.27. The zero-order valence-corrected chi connectivity index (χ0v) is 20.7. The Morgan fingerprint density at radius 2 is 1.78 bits per heavy atom. The molecule has 1 unspecified atom stereocenters. The molecular formula is C26H16Cl3NO6. The minimum absolute atomic E-state index is 0.00676. The molecule has 2 N–H and O–H groups in total. The van der Waals surface area contributed by atoms with Crippen LogP contribution in [0.3, 0.4) is 0 Å². The monoisotopic (exact) mass is 543 g/mol. The van der Waals surface area contributed by atoms with Crippen LogP contribution in [0.2, 0.25) is 15.1 Å². The number of halogens is 3. The number of anilines is 1. The van der Waals surface area contributed by atoms with Gasteiger partial charge in [-0.3, -0.25) is 14.5 Å². The van der Waals surface area contributed by atoms with E-state index in [0.717, 1.165) is 0 Å². The van der Waals surface area contributed by atoms with Gasteiger partial charge >= 0.3 is 0 Å². The first-order valence-corrected chi connectivity index (χ1v) is 11.7. The van der Waals surface area contributed by atoms with Crippen LogP contribution < -0.4 is 9.64 Å². The first-order valence-electron chi connectivity index (χ1n) is 10.5. The first-order chi connectivity index (χ1) is 17.2. The maximum Gasteiger partial charge on any atom is 0.294 e. The van der Waals surface area contributed by atoms with Gasteiger partial charge in [0.05, 0.1) is 23.7 Å². The molecule has 1 aliphatic heterocycles. The molecule has 0 bridgehead atoms. The number of phenolic OH excluding ortho intramolecular Hbond substituents is 1. The molecular weight excluding hydrogens is 529 g/mol. The number of methoxy groups -OCH3 is 1. The molecule has 1 atom stereocenters. The van der Waals surface area contributed by atoms with E-state index < -0.39 is 23.5 Å². The molecule has 7 nitrogen and oxygen atoms in total. The lowest BCUT2D eigenvalue weighted by molar-refractivity contribution is -0.117. The highest BCUT2D eigenvalue weighted by Crippen LogP contribution is 2.44. The van der Waals surface area contributed by atoms with Crippen molar-refractivity contribution < 1.29 is 29.0 Å². The molecule has 0 aliphatic carbocycles. The number of ketones is 1. The molecule has 0 spiro atoms. The first kappa shape index (κ1) is 24.1. The number of aliphatic hydroxyl groups excluding tert-OH is 1. The largest absolute Gasteiger partial charge is 0.506 e. The van der Waals surface area contributed by atoms with Crippen molar-refractivity contribution in [2.24, 2.45) is 0 Å². The maximum atomic E-state index is 13.8. The number of hydrogen-bond acceptors (Lipinski definition) is 6. The topological polar surface area (TPSA) is 100 Å². The van der Waals surface area contributed by atoms with E-state index in [1.165, 1.54) is 42.3 Å². The predicted molar refractivity (Wildman–Crippen MR) is 137 cm³/mol. The quantitative estimate of drug-likeness (QED) is 0.265. The van der Waals surface area contributed by atoms with Crippen LogP contribution >= 0.6 is 34.8 Å². The second-order valence-electron chi connectivity index (χ2n) is 8.00. The number of amides is 1. The highest BCUT2D eigenvalue weighted by atomic mass is 35.5. The molecule has 182 valence electrons. The van der Waals surface area contributed by atoms with Crippen LogP contribution in [0.5, 0.6) is 11.5 Å². The van der Waals surface area contributed by atoms with Crippen LogP contribution in [-0.2, 0) is 4.79 Å². The Bertz CT molecular complexity index is 1590. The van der Waals surface area contributed by atoms with Gasteiger partial charge in [-0.1, -0.05) is 46.9 Å². The summed E-state index contributed by atoms with van der Waals surface area (Å²) in [5.41, 5.74) is 0.765. The van der Waals surface area contributed by atoms with Gasteiger partial charge in [-0.2, -0.15) is 0 Å². The van der Waals surface area contributed by atoms with Gasteiger partial charge in [0.15, 0.2) is 22.9 Å². The van der Waals surface area contributed by atoms with Gasteiger partial charge in [-0.15, -0.1) is 0 Å². The summed E-state index contributed by atoms with van der Waals surface area (Å²) >= 11 is 18.4. The Morgan fingerprint density at radius 1 is 1.00 bits per heavy atom. The van der Waals surface area contributed by atoms with Crippen LogP contribution in [0.4, 0.5) is 5.69 Å². The highest BCUT2D eigenvalue weighted by molar-refractivity contribution is 6.32. The smallest absolute Gasteiger partial charge is 0.294 e. The second-order valence-corrected chi connectivity index (χ2v) is 9.28. The number of aromatic hydroxyl groups is 1. The number of hydrogen-bond donors (Lipinski definition) is 2. The molecule has 1 amide bonds. The molecule has 0 saturated heterocycles. The molecule has 1 aliphatic rings. The van der Waals surface area contributed by atoms with Gasteiger partial charge < -0.3 is 19.4 Å². The number of phenols is 1. The van der Waals surface area contributed by atoms with Crippen LogP contribution in [0.25, 0.3) is 11.0 Å². The van der Waals surface area contributed by atoms with Gasteiger partial charge in [0, 0.05) is 27.2 Å². The SMILES string of the molecule is COc1cc(Cl)cc2cc(C(=O)C3=C(O)C(=O)N(c4cccc(Cl)c4)C3c3ccc(O)c(Cl)c3)oc12. The van der Waals surface area contributed by atoms with Gasteiger partial charge in [0.2, 0.25) is 5.78 Å². The van der Waals surface area contributed by atoms with E-state index in [1.807, 2.05) is 0 Å². The van der Waals surface area contributed by atoms with Gasteiger partial charge in [0.25, 0.3) is 5.91 Å². The van der Waals surface area contributed by atoms with E-state index in [9.17, 15) is 19.8 Å². The molecule has 4 aromatic rings. The van der Waals surface area contributed by atoms with Crippen molar-refractivity contribution in [3.8, 4) is 11.5 Å². The van der Waals surface area contributed by atoms with E-state index in [1.54, 1.807) is 30.3 Å². The maximum absolute atomic E-state index is 13.8. The minimum Gasteiger partial charge on any atom is -0.506 e. The normalized spacial score (nSPS) is 15.7. The Morgan fingerprint density at radius 3 is 2.47 bits per heavy atom. The highest BCUT2D eigenvalue weighted by Gasteiger charge is 2.45. The number of nitrogens with zero attached hydrogens (tertiary/aromatic N) is 1. The number of furan rings is 1. The van der Waals surface area contributed by atoms with Gasteiger partial charge in [-0.05, 0) is 48.0 Å². The summed E-state index contributed by atoms with van der Waals surface area (Å²) in [5.74, 6) is -2.29. The van der Waals surface area contributed by atoms with E-state index in [0.29, 0.717) is 32.4 Å². The molecule has 0 radical (unpaired) electrons. The predicted octanol–water partition coefficient (Wildman–Crippen LogP) is 6.89. The average molecular weight is 545 g/mol. The van der Waals surface area contributed by atoms with Crippen molar-refractivity contribution in [1.29, 1.82) is 0 Å². The van der Waals surface area contributed by atoms with Crippen molar-refractivity contribution in [3.05, 3.63) is 98.4 Å². The Hall–Kier alpha value is -3.65. The summed E-state index contributed by atoms with van der Waals surface area (Å²) in [7, 11) is 1.44. The van der Waals surface area contributed by atoms with E-state index in [2.05, 4.69) is 0 Å². The number of rotatable bonds is 5. The molecule has 5 rings (SSSR count). The van der Waals surface area contributed by atoms with Crippen LogP contribution in [-0.4, -0.2) is 29.0 Å². The molecule has 0 fully saturated rings. The van der Waals surface area contributed by atoms with Crippen LogP contribution in [0.15, 0.2) is 76.4 Å². The van der Waals surface area contributed by atoms with E-state index in [4.69, 9.17) is 44.0 Å². The molecule has 1 aromatic heterocycles. The fraction of sp³-hybridized carbons (Fsp3) is 0.0769. The molecule has 10 heteroatoms. The third-order valence-electron chi connectivity index (χ3n) is 5.82. The Balaban J connectivity index is 1.69. The van der Waals surface area contributed by atoms with Crippen molar-refractivity contribution >= 4 is 63.1 Å². The van der Waals surface area contributed by atoms with Crippen molar-refractivity contribution in [1.82, 2.24) is 0 Å². The van der Waals surface area contributed by atoms with Crippen LogP contribution in [0.1, 0.15) is 22.2 Å². The number of aliphatic hydroxyl groups is 1. The molecule has 36 heavy (non-hydrogen) atoms. The summed E-state index contributed by atoms with van der Waals surface area (Å²) in [6.45, 7) is 0. The average Bonchev–Trinajstić information content (AvgIpc) is 3.39. The standard InChI is InChI=1S/C26H16Cl3NO6/c1-35-20-11-15(28)7-13-9-19(36-25(13)20)23(32)21-22(12-5-6-18(31)17(29)8-12)30(26(34)24(21)33)16-4-2-3-14(27)10-16/h2-11,22,31,33H,1H3. The number of ether oxygens (including phenoxy) is 1. The van der Waals surface area contributed by atoms with E-state index >= 15 is 0 Å². The van der Waals surface area contributed by atoms with Crippen molar-refractivity contribution in [2.75, 3.05) is 12.0 Å². The third-order valence-corrected chi connectivity index (χ3v) is 6.57. The van der Waals surface area contributed by atoms with Gasteiger partial charge in [0.1, 0.15) is 5.75 Å². The lowest BCUT2D eigenvalue weighted by atomic mass is 9.94. The fourth-order valence-electron chi connectivity index (χ4n) is 4.22. The molecule has 0 saturated carbocycles. The number of fused-ring (bicyclic) bond motifs is 1. The lowest BCUT2D eigenvalue weighted by Crippen LogP contribution is -2.31. The minimum atomic E-state index is -1.10. The number of Topliss-reactive ketones (excluding diaryl/α,β-unsaturated/α-hetero) is 1. The Labute approximate surface area is 219 Å². The van der Waals surface area contributed by atoms with Crippen molar-refractivity contribution in [2.45, 2.75) is 6.04 Å². The molecule has 2 heterocycles. The number of carbonyl (C=O) groups is 2. The summed E-state index contributed by atoms with van der Waals surface area (Å²) in [6.07, 6.45) is 0. The number of benzene rings is 3. The zero-order chi connectivity index (χ0) is 25.7. The summed E-state index contributed by atoms with van der Waals surface area (Å²) in [4.78, 5) is 28.3. The summed E-state index contributed by atoms with van der Waals surface area (Å²) < 4.78 is 11.1. The zero-order valence-electron chi connectivity index (χ0n) is 18.5. The Kier molecular flexibility index (Phi) is 6.08. The van der Waals surface area contributed by atoms with E-state index in [-0.39, 0.29) is 27.7 Å². The summed E-state index contributed by atoms with van der Waals surface area (Å²) in [6, 6.07) is 14.2. The van der Waals surface area contributed by atoms with Gasteiger partial charge in [-0.25, -0.2) is 0 Å². The molecule has 3 aromatic carbocycles. The van der Waals surface area contributed by atoms with Crippen LogP contribution in [0, 0.1) is 0 Å².